The number of aromatic carboxylic acids is 1. The van der Waals surface area contributed by atoms with E-state index in [1.165, 1.54) is 24.5 Å². The molecular formula is C16H10F3N3O3. The Bertz CT molecular complexity index is 887. The molecule has 9 heteroatoms. The molecule has 25 heavy (non-hydrogen) atoms. The summed E-state index contributed by atoms with van der Waals surface area (Å²) in [5, 5.41) is 8.79. The topological polar surface area (TPSA) is 89.1 Å². The molecule has 3 aromatic rings. The van der Waals surface area contributed by atoms with Crippen LogP contribution in [-0.4, -0.2) is 26.0 Å². The van der Waals surface area contributed by atoms with Gasteiger partial charge in [-0.15, -0.1) is 0 Å². The van der Waals surface area contributed by atoms with Crippen molar-refractivity contribution in [2.75, 3.05) is 0 Å². The van der Waals surface area contributed by atoms with E-state index in [-0.39, 0.29) is 23.6 Å². The highest BCUT2D eigenvalue weighted by Crippen LogP contribution is 2.29. The van der Waals surface area contributed by atoms with Crippen LogP contribution in [0.1, 0.15) is 27.5 Å². The van der Waals surface area contributed by atoms with E-state index in [1.54, 1.807) is 6.07 Å². The standard InChI is InChI=1S/C16H10F3N3O3/c17-16(18,19)10-2-4-11(21-7-10)13-8-22-14(25-13)5-9-1-3-12(15(23)24)20-6-9/h1-4,6-8H,5H2,(H,23,24). The first-order valence-corrected chi connectivity index (χ1v) is 6.99. The van der Waals surface area contributed by atoms with Crippen molar-refractivity contribution in [2.45, 2.75) is 12.6 Å². The molecule has 3 rings (SSSR count). The van der Waals surface area contributed by atoms with Gasteiger partial charge in [-0.1, -0.05) is 6.07 Å². The number of alkyl halides is 3. The highest BCUT2D eigenvalue weighted by molar-refractivity contribution is 5.85. The molecule has 0 radical (unpaired) electrons. The molecule has 0 saturated heterocycles. The van der Waals surface area contributed by atoms with Gasteiger partial charge in [-0.3, -0.25) is 4.98 Å². The van der Waals surface area contributed by atoms with Crippen LogP contribution in [0.15, 0.2) is 47.3 Å². The molecule has 0 aliphatic heterocycles. The Hall–Kier alpha value is -3.23. The molecule has 3 aromatic heterocycles. The van der Waals surface area contributed by atoms with Crippen molar-refractivity contribution >= 4 is 5.97 Å². The van der Waals surface area contributed by atoms with Gasteiger partial charge < -0.3 is 9.52 Å². The Balaban J connectivity index is 1.75. The molecule has 0 amide bonds. The summed E-state index contributed by atoms with van der Waals surface area (Å²) >= 11 is 0. The predicted molar refractivity (Wildman–Crippen MR) is 78.7 cm³/mol. The Kier molecular flexibility index (Phi) is 4.22. The van der Waals surface area contributed by atoms with Crippen molar-refractivity contribution in [3.63, 3.8) is 0 Å². The molecule has 0 fully saturated rings. The van der Waals surface area contributed by atoms with Gasteiger partial charge in [-0.05, 0) is 23.8 Å². The number of nitrogens with zero attached hydrogens (tertiary/aromatic N) is 3. The summed E-state index contributed by atoms with van der Waals surface area (Å²) in [6.45, 7) is 0. The van der Waals surface area contributed by atoms with E-state index in [0.717, 1.165) is 12.3 Å². The van der Waals surface area contributed by atoms with Gasteiger partial charge in [0, 0.05) is 12.4 Å². The summed E-state index contributed by atoms with van der Waals surface area (Å²) in [6, 6.07) is 5.06. The van der Waals surface area contributed by atoms with Gasteiger partial charge in [0.25, 0.3) is 0 Å². The zero-order chi connectivity index (χ0) is 18.0. The fraction of sp³-hybridized carbons (Fsp3) is 0.125. The summed E-state index contributed by atoms with van der Waals surface area (Å²) in [5.41, 5.74) is -0.0174. The number of halogens is 3. The van der Waals surface area contributed by atoms with Gasteiger partial charge in [0.1, 0.15) is 11.4 Å². The minimum atomic E-state index is -4.45. The van der Waals surface area contributed by atoms with Crippen molar-refractivity contribution < 1.29 is 27.5 Å². The third kappa shape index (κ3) is 3.82. The molecule has 0 aromatic carbocycles. The molecule has 0 aliphatic rings. The average Bonchev–Trinajstić information content (AvgIpc) is 3.03. The summed E-state index contributed by atoms with van der Waals surface area (Å²) in [6.07, 6.45) is -0.708. The smallest absolute Gasteiger partial charge is 0.417 e. The summed E-state index contributed by atoms with van der Waals surface area (Å²) in [5.74, 6) is -0.584. The number of carboxylic acid groups (broad SMARTS) is 1. The average molecular weight is 349 g/mol. The number of oxazole rings is 1. The molecule has 0 unspecified atom stereocenters. The zero-order valence-corrected chi connectivity index (χ0v) is 12.5. The summed E-state index contributed by atoms with van der Waals surface area (Å²) in [7, 11) is 0. The Morgan fingerprint density at radius 1 is 1.04 bits per heavy atom. The van der Waals surface area contributed by atoms with E-state index in [9.17, 15) is 18.0 Å². The molecule has 0 bridgehead atoms. The summed E-state index contributed by atoms with van der Waals surface area (Å²) < 4.78 is 43.1. The van der Waals surface area contributed by atoms with Crippen LogP contribution in [0.4, 0.5) is 13.2 Å². The predicted octanol–water partition coefficient (Wildman–Crippen LogP) is 3.44. The van der Waals surface area contributed by atoms with Crippen LogP contribution in [-0.2, 0) is 12.6 Å². The molecule has 0 atom stereocenters. The molecule has 6 nitrogen and oxygen atoms in total. The van der Waals surface area contributed by atoms with E-state index >= 15 is 0 Å². The van der Waals surface area contributed by atoms with Gasteiger partial charge in [0.05, 0.1) is 18.2 Å². The SMILES string of the molecule is O=C(O)c1ccc(Cc2ncc(-c3ccc(C(F)(F)F)cn3)o2)cn1. The number of aromatic nitrogens is 3. The van der Waals surface area contributed by atoms with Gasteiger partial charge in [-0.2, -0.15) is 13.2 Å². The third-order valence-corrected chi connectivity index (χ3v) is 3.30. The van der Waals surface area contributed by atoms with Crippen molar-refractivity contribution in [1.29, 1.82) is 0 Å². The maximum atomic E-state index is 12.5. The second-order valence-corrected chi connectivity index (χ2v) is 5.08. The maximum absolute atomic E-state index is 12.5. The Morgan fingerprint density at radius 2 is 1.84 bits per heavy atom. The van der Waals surface area contributed by atoms with Crippen molar-refractivity contribution in [1.82, 2.24) is 15.0 Å². The van der Waals surface area contributed by atoms with E-state index in [0.29, 0.717) is 11.5 Å². The number of hydrogen-bond acceptors (Lipinski definition) is 5. The lowest BCUT2D eigenvalue weighted by molar-refractivity contribution is -0.137. The van der Waals surface area contributed by atoms with Crippen LogP contribution in [0, 0.1) is 0 Å². The fourth-order valence-electron chi connectivity index (χ4n) is 2.05. The van der Waals surface area contributed by atoms with E-state index in [1.807, 2.05) is 0 Å². The second kappa shape index (κ2) is 6.34. The fourth-order valence-corrected chi connectivity index (χ4v) is 2.05. The van der Waals surface area contributed by atoms with E-state index in [2.05, 4.69) is 15.0 Å². The Morgan fingerprint density at radius 3 is 2.40 bits per heavy atom. The third-order valence-electron chi connectivity index (χ3n) is 3.30. The number of pyridine rings is 2. The van der Waals surface area contributed by atoms with Crippen LogP contribution in [0.2, 0.25) is 0 Å². The van der Waals surface area contributed by atoms with Crippen molar-refractivity contribution in [3.8, 4) is 11.5 Å². The van der Waals surface area contributed by atoms with E-state index in [4.69, 9.17) is 9.52 Å². The quantitative estimate of drug-likeness (QED) is 0.776. The lowest BCUT2D eigenvalue weighted by atomic mass is 10.2. The monoisotopic (exact) mass is 349 g/mol. The van der Waals surface area contributed by atoms with Crippen molar-refractivity contribution in [2.24, 2.45) is 0 Å². The zero-order valence-electron chi connectivity index (χ0n) is 12.5. The highest BCUT2D eigenvalue weighted by atomic mass is 19.4. The van der Waals surface area contributed by atoms with Crippen LogP contribution < -0.4 is 0 Å². The molecule has 3 heterocycles. The number of carboxylic acids is 1. The molecular weight excluding hydrogens is 339 g/mol. The largest absolute Gasteiger partial charge is 0.477 e. The van der Waals surface area contributed by atoms with Crippen molar-refractivity contribution in [3.05, 3.63) is 65.6 Å². The molecule has 0 aliphatic carbocycles. The minimum absolute atomic E-state index is 0.0780. The van der Waals surface area contributed by atoms with E-state index < -0.39 is 17.7 Å². The summed E-state index contributed by atoms with van der Waals surface area (Å²) in [4.78, 5) is 22.3. The lowest BCUT2D eigenvalue weighted by Crippen LogP contribution is -2.05. The van der Waals surface area contributed by atoms with Crippen LogP contribution in [0.5, 0.6) is 0 Å². The lowest BCUT2D eigenvalue weighted by Gasteiger charge is -2.05. The minimum Gasteiger partial charge on any atom is -0.477 e. The molecule has 0 saturated carbocycles. The number of carbonyl (C=O) groups is 1. The van der Waals surface area contributed by atoms with Gasteiger partial charge in [0.15, 0.2) is 11.7 Å². The first-order valence-electron chi connectivity index (χ1n) is 6.99. The molecule has 128 valence electrons. The van der Waals surface area contributed by atoms with Crippen LogP contribution >= 0.6 is 0 Å². The maximum Gasteiger partial charge on any atom is 0.417 e. The van der Waals surface area contributed by atoms with Crippen LogP contribution in [0.25, 0.3) is 11.5 Å². The Labute approximate surface area is 139 Å². The van der Waals surface area contributed by atoms with Crippen LogP contribution in [0.3, 0.4) is 0 Å². The van der Waals surface area contributed by atoms with Gasteiger partial charge in [-0.25, -0.2) is 14.8 Å². The second-order valence-electron chi connectivity index (χ2n) is 5.08. The normalized spacial score (nSPS) is 11.5. The number of rotatable bonds is 4. The van der Waals surface area contributed by atoms with Gasteiger partial charge >= 0.3 is 12.1 Å². The molecule has 1 N–H and O–H groups in total. The molecule has 0 spiro atoms. The number of hydrogen-bond donors (Lipinski definition) is 1. The van der Waals surface area contributed by atoms with Gasteiger partial charge in [0.2, 0.25) is 0 Å². The first-order chi connectivity index (χ1) is 11.8. The first kappa shape index (κ1) is 16.6. The highest BCUT2D eigenvalue weighted by Gasteiger charge is 2.30.